The van der Waals surface area contributed by atoms with Crippen LogP contribution in [0.25, 0.3) is 0 Å². The second-order valence-electron chi connectivity index (χ2n) is 6.91. The van der Waals surface area contributed by atoms with Crippen molar-refractivity contribution in [1.29, 1.82) is 0 Å². The molecule has 30 heavy (non-hydrogen) atoms. The maximum absolute atomic E-state index is 13.0. The first-order valence-corrected chi connectivity index (χ1v) is 13.5. The fraction of sp³-hybridized carbons (Fsp3) is 0.300. The van der Waals surface area contributed by atoms with Gasteiger partial charge in [-0.25, -0.2) is 13.4 Å². The Morgan fingerprint density at radius 1 is 1.10 bits per heavy atom. The third kappa shape index (κ3) is 4.78. The van der Waals surface area contributed by atoms with E-state index in [1.807, 2.05) is 36.6 Å². The first-order valence-electron chi connectivity index (χ1n) is 9.52. The molecule has 6 nitrogen and oxygen atoms in total. The molecule has 4 rings (SSSR count). The first kappa shape index (κ1) is 21.5. The molecule has 0 bridgehead atoms. The summed E-state index contributed by atoms with van der Waals surface area (Å²) in [5.41, 5.74) is 1.62. The number of anilines is 1. The third-order valence-corrected chi connectivity index (χ3v) is 9.73. The monoisotopic (exact) mass is 479 g/mol. The minimum Gasteiger partial charge on any atom is -0.321 e. The molecule has 0 atom stereocenters. The molecule has 0 radical (unpaired) electrons. The number of sulfonamides is 1. The van der Waals surface area contributed by atoms with Crippen LogP contribution in [0, 0.1) is 6.92 Å². The predicted molar refractivity (Wildman–Crippen MR) is 122 cm³/mol. The second kappa shape index (κ2) is 9.19. The van der Waals surface area contributed by atoms with Crippen molar-refractivity contribution in [2.24, 2.45) is 0 Å². The van der Waals surface area contributed by atoms with Gasteiger partial charge in [-0.1, -0.05) is 18.2 Å². The number of carbonyl (C=O) groups is 1. The normalized spacial score (nSPS) is 15.2. The summed E-state index contributed by atoms with van der Waals surface area (Å²) in [4.78, 5) is 18.6. The quantitative estimate of drug-likeness (QED) is 0.533. The van der Waals surface area contributed by atoms with Crippen LogP contribution in [-0.4, -0.2) is 36.7 Å². The van der Waals surface area contributed by atoms with Gasteiger partial charge in [0.1, 0.15) is 9.77 Å². The number of aryl methyl sites for hydroxylation is 1. The molecule has 0 aliphatic carbocycles. The molecule has 1 fully saturated rings. The molecule has 0 unspecified atom stereocenters. The summed E-state index contributed by atoms with van der Waals surface area (Å²) < 4.78 is 28.4. The first-order chi connectivity index (χ1) is 14.4. The van der Waals surface area contributed by atoms with E-state index in [0.717, 1.165) is 45.5 Å². The van der Waals surface area contributed by atoms with E-state index in [2.05, 4.69) is 10.3 Å². The summed E-state index contributed by atoms with van der Waals surface area (Å²) in [6, 6.07) is 8.98. The van der Waals surface area contributed by atoms with E-state index in [1.165, 1.54) is 10.4 Å². The van der Waals surface area contributed by atoms with Crippen LogP contribution < -0.4 is 5.32 Å². The van der Waals surface area contributed by atoms with Gasteiger partial charge in [0.25, 0.3) is 5.91 Å². The summed E-state index contributed by atoms with van der Waals surface area (Å²) in [7, 11) is -3.65. The Labute approximate surface area is 188 Å². The van der Waals surface area contributed by atoms with Gasteiger partial charge in [-0.2, -0.15) is 4.31 Å². The van der Waals surface area contributed by atoms with Gasteiger partial charge in [-0.05, 0) is 55.5 Å². The lowest BCUT2D eigenvalue weighted by Crippen LogP contribution is -2.36. The van der Waals surface area contributed by atoms with Gasteiger partial charge in [0.2, 0.25) is 10.0 Å². The minimum absolute atomic E-state index is 0.0956. The van der Waals surface area contributed by atoms with Gasteiger partial charge in [0.15, 0.2) is 4.34 Å². The Bertz CT molecular complexity index is 1130. The number of nitrogens with zero attached hydrogens (tertiary/aromatic N) is 2. The molecular weight excluding hydrogens is 459 g/mol. The van der Waals surface area contributed by atoms with Crippen LogP contribution in [0.2, 0.25) is 0 Å². The maximum atomic E-state index is 13.0. The molecule has 158 valence electrons. The van der Waals surface area contributed by atoms with E-state index in [1.54, 1.807) is 28.5 Å². The summed E-state index contributed by atoms with van der Waals surface area (Å²) >= 11 is 4.31. The van der Waals surface area contributed by atoms with Crippen molar-refractivity contribution in [3.63, 3.8) is 0 Å². The van der Waals surface area contributed by atoms with Crippen molar-refractivity contribution >= 4 is 56.1 Å². The number of hydrogen-bond acceptors (Lipinski definition) is 7. The van der Waals surface area contributed by atoms with Crippen LogP contribution in [0.3, 0.4) is 0 Å². The van der Waals surface area contributed by atoms with Crippen molar-refractivity contribution in [2.45, 2.75) is 40.3 Å². The topological polar surface area (TPSA) is 79.4 Å². The van der Waals surface area contributed by atoms with Gasteiger partial charge in [0.05, 0.1) is 0 Å². The molecule has 0 spiro atoms. The number of rotatable bonds is 6. The van der Waals surface area contributed by atoms with Crippen LogP contribution in [0.1, 0.15) is 34.6 Å². The molecule has 1 saturated heterocycles. The average Bonchev–Trinajstić information content (AvgIpc) is 3.40. The second-order valence-corrected chi connectivity index (χ2v) is 11.9. The smallest absolute Gasteiger partial charge is 0.267 e. The molecular formula is C20H21N3O3S4. The average molecular weight is 480 g/mol. The van der Waals surface area contributed by atoms with Gasteiger partial charge >= 0.3 is 0 Å². The van der Waals surface area contributed by atoms with Crippen molar-refractivity contribution in [3.05, 3.63) is 51.7 Å². The maximum Gasteiger partial charge on any atom is 0.267 e. The summed E-state index contributed by atoms with van der Waals surface area (Å²) in [6.45, 7) is 2.98. The molecule has 0 saturated carbocycles. The molecule has 1 aliphatic heterocycles. The Hall–Kier alpha value is -1.72. The van der Waals surface area contributed by atoms with Gasteiger partial charge < -0.3 is 5.32 Å². The molecule has 1 amide bonds. The van der Waals surface area contributed by atoms with Gasteiger partial charge in [-0.15, -0.1) is 22.7 Å². The largest absolute Gasteiger partial charge is 0.321 e. The van der Waals surface area contributed by atoms with Crippen LogP contribution in [0.5, 0.6) is 0 Å². The molecule has 2 aromatic heterocycles. The number of benzene rings is 1. The minimum atomic E-state index is -3.65. The lowest BCUT2D eigenvalue weighted by molar-refractivity contribution is 0.102. The molecule has 3 aromatic rings. The van der Waals surface area contributed by atoms with E-state index in [9.17, 15) is 13.2 Å². The molecule has 3 heterocycles. The van der Waals surface area contributed by atoms with E-state index < -0.39 is 15.9 Å². The highest BCUT2D eigenvalue weighted by atomic mass is 32.2. The lowest BCUT2D eigenvalue weighted by atomic mass is 10.2. The molecule has 1 aromatic carbocycles. The van der Waals surface area contributed by atoms with Crippen LogP contribution >= 0.6 is 34.4 Å². The zero-order valence-corrected chi connectivity index (χ0v) is 19.6. The summed E-state index contributed by atoms with van der Waals surface area (Å²) in [5, 5.41) is 6.48. The molecule has 10 heteroatoms. The highest BCUT2D eigenvalue weighted by Crippen LogP contribution is 2.32. The Morgan fingerprint density at radius 3 is 2.50 bits per heavy atom. The van der Waals surface area contributed by atoms with Crippen LogP contribution in [-0.2, 0) is 10.0 Å². The van der Waals surface area contributed by atoms with Gasteiger partial charge in [-0.3, -0.25) is 4.79 Å². The highest BCUT2D eigenvalue weighted by Gasteiger charge is 2.31. The fourth-order valence-corrected chi connectivity index (χ4v) is 7.81. The zero-order chi connectivity index (χ0) is 21.1. The number of carbonyl (C=O) groups excluding carboxylic acids is 1. The van der Waals surface area contributed by atoms with E-state index in [4.69, 9.17) is 0 Å². The SMILES string of the molecule is Cc1csc(Sc2ccc(NC(=O)c3sccc3S(=O)(=O)N3CCCCC3)cc2)n1. The summed E-state index contributed by atoms with van der Waals surface area (Å²) in [5.74, 6) is -0.406. The van der Waals surface area contributed by atoms with Crippen molar-refractivity contribution < 1.29 is 13.2 Å². The fourth-order valence-electron chi connectivity index (χ4n) is 3.18. The number of thiophene rings is 1. The van der Waals surface area contributed by atoms with Crippen molar-refractivity contribution in [1.82, 2.24) is 9.29 Å². The van der Waals surface area contributed by atoms with E-state index in [0.29, 0.717) is 18.8 Å². The van der Waals surface area contributed by atoms with Crippen molar-refractivity contribution in [3.8, 4) is 0 Å². The van der Waals surface area contributed by atoms with Crippen LogP contribution in [0.15, 0.2) is 55.2 Å². The van der Waals surface area contributed by atoms with E-state index in [-0.39, 0.29) is 9.77 Å². The molecule has 1 aliphatic rings. The standard InChI is InChI=1S/C20H21N3O3S4/c1-14-13-28-20(21-14)29-16-7-5-15(6-8-16)22-19(24)18-17(9-12-27-18)30(25,26)23-10-3-2-4-11-23/h5-9,12-13H,2-4,10-11H2,1H3,(H,22,24). The van der Waals surface area contributed by atoms with Crippen molar-refractivity contribution in [2.75, 3.05) is 18.4 Å². The zero-order valence-electron chi connectivity index (χ0n) is 16.3. The van der Waals surface area contributed by atoms with Crippen LogP contribution in [0.4, 0.5) is 5.69 Å². The van der Waals surface area contributed by atoms with E-state index >= 15 is 0 Å². The predicted octanol–water partition coefficient (Wildman–Crippen LogP) is 5.09. The number of amides is 1. The Morgan fingerprint density at radius 2 is 1.83 bits per heavy atom. The number of piperidine rings is 1. The highest BCUT2D eigenvalue weighted by molar-refractivity contribution is 8.01. The number of thiazole rings is 1. The summed E-state index contributed by atoms with van der Waals surface area (Å²) in [6.07, 6.45) is 2.76. The number of nitrogens with one attached hydrogen (secondary N) is 1. The Balaban J connectivity index is 1.46. The number of hydrogen-bond donors (Lipinski definition) is 1. The number of aromatic nitrogens is 1. The van der Waals surface area contributed by atoms with Gasteiger partial charge in [0, 0.05) is 34.7 Å². The lowest BCUT2D eigenvalue weighted by Gasteiger charge is -2.25. The third-order valence-electron chi connectivity index (χ3n) is 4.68. The molecule has 1 N–H and O–H groups in total. The Kier molecular flexibility index (Phi) is 6.59.